The van der Waals surface area contributed by atoms with Crippen LogP contribution >= 0.6 is 11.6 Å². The van der Waals surface area contributed by atoms with E-state index < -0.39 is 0 Å². The maximum absolute atomic E-state index is 6.25. The van der Waals surface area contributed by atoms with Crippen LogP contribution in [0.1, 0.15) is 0 Å². The van der Waals surface area contributed by atoms with E-state index in [1.807, 2.05) is 31.3 Å². The second kappa shape index (κ2) is 7.20. The summed E-state index contributed by atoms with van der Waals surface area (Å²) in [6, 6.07) is 8.00. The standard InChI is InChI=1S/C15H21ClN4/c1-3-8-18-15(17-2)20-11-9-19(10-12-20)14-7-5-4-6-13(14)16/h3-7H,1,8-12H2,2H3,(H,17,18). The maximum Gasteiger partial charge on any atom is 0.194 e. The molecule has 0 unspecified atom stereocenters. The molecule has 0 aromatic heterocycles. The molecule has 1 fully saturated rings. The second-order valence-electron chi connectivity index (χ2n) is 4.64. The molecule has 4 nitrogen and oxygen atoms in total. The molecule has 1 aliphatic rings. The van der Waals surface area contributed by atoms with Gasteiger partial charge in [-0.05, 0) is 12.1 Å². The monoisotopic (exact) mass is 292 g/mol. The molecule has 0 saturated carbocycles. The topological polar surface area (TPSA) is 30.9 Å². The fourth-order valence-corrected chi connectivity index (χ4v) is 2.62. The van der Waals surface area contributed by atoms with E-state index in [2.05, 4.69) is 32.8 Å². The molecule has 0 bridgehead atoms. The van der Waals surface area contributed by atoms with E-state index in [0.717, 1.165) is 49.4 Å². The summed E-state index contributed by atoms with van der Waals surface area (Å²) < 4.78 is 0. The summed E-state index contributed by atoms with van der Waals surface area (Å²) in [4.78, 5) is 8.88. The van der Waals surface area contributed by atoms with Crippen LogP contribution in [0.15, 0.2) is 41.9 Å². The van der Waals surface area contributed by atoms with Crippen molar-refractivity contribution in [2.75, 3.05) is 44.7 Å². The van der Waals surface area contributed by atoms with Crippen molar-refractivity contribution >= 4 is 23.2 Å². The van der Waals surface area contributed by atoms with Gasteiger partial charge in [-0.15, -0.1) is 6.58 Å². The fraction of sp³-hybridized carbons (Fsp3) is 0.400. The maximum atomic E-state index is 6.25. The van der Waals surface area contributed by atoms with Gasteiger partial charge in [0.2, 0.25) is 0 Å². The lowest BCUT2D eigenvalue weighted by molar-refractivity contribution is 0.374. The predicted octanol–water partition coefficient (Wildman–Crippen LogP) is 2.22. The SMILES string of the molecule is C=CCNC(=NC)N1CCN(c2ccccc2Cl)CC1. The quantitative estimate of drug-likeness (QED) is 0.526. The third-order valence-electron chi connectivity index (χ3n) is 3.39. The van der Waals surface area contributed by atoms with E-state index in [-0.39, 0.29) is 0 Å². The lowest BCUT2D eigenvalue weighted by Crippen LogP contribution is -2.52. The number of halogens is 1. The Kier molecular flexibility index (Phi) is 5.30. The van der Waals surface area contributed by atoms with E-state index >= 15 is 0 Å². The summed E-state index contributed by atoms with van der Waals surface area (Å²) in [5.41, 5.74) is 1.11. The summed E-state index contributed by atoms with van der Waals surface area (Å²) in [7, 11) is 1.81. The third-order valence-corrected chi connectivity index (χ3v) is 3.71. The molecule has 2 rings (SSSR count). The summed E-state index contributed by atoms with van der Waals surface area (Å²) in [6.07, 6.45) is 1.84. The summed E-state index contributed by atoms with van der Waals surface area (Å²) in [5, 5.41) is 4.08. The van der Waals surface area contributed by atoms with Gasteiger partial charge in [0.15, 0.2) is 5.96 Å². The van der Waals surface area contributed by atoms with Crippen LogP contribution in [-0.2, 0) is 0 Å². The first-order valence-electron chi connectivity index (χ1n) is 6.82. The first kappa shape index (κ1) is 14.7. The van der Waals surface area contributed by atoms with Crippen molar-refractivity contribution in [3.8, 4) is 0 Å². The Bertz CT molecular complexity index is 479. The Balaban J connectivity index is 1.95. The molecular formula is C15H21ClN4. The highest BCUT2D eigenvalue weighted by molar-refractivity contribution is 6.33. The number of piperazine rings is 1. The molecular weight excluding hydrogens is 272 g/mol. The van der Waals surface area contributed by atoms with E-state index in [9.17, 15) is 0 Å². The number of para-hydroxylation sites is 1. The first-order chi connectivity index (χ1) is 9.76. The molecule has 1 saturated heterocycles. The molecule has 0 aliphatic carbocycles. The number of rotatable bonds is 3. The minimum atomic E-state index is 0.734. The number of aliphatic imine (C=N–C) groups is 1. The normalized spacial score (nSPS) is 16.2. The zero-order valence-electron chi connectivity index (χ0n) is 11.8. The highest BCUT2D eigenvalue weighted by Gasteiger charge is 2.20. The molecule has 5 heteroatoms. The number of benzene rings is 1. The van der Waals surface area contributed by atoms with Gasteiger partial charge in [-0.3, -0.25) is 4.99 Å². The molecule has 20 heavy (non-hydrogen) atoms. The molecule has 0 amide bonds. The summed E-state index contributed by atoms with van der Waals surface area (Å²) in [5.74, 6) is 0.934. The van der Waals surface area contributed by atoms with Crippen LogP contribution in [0.2, 0.25) is 5.02 Å². The Morgan fingerprint density at radius 2 is 2.05 bits per heavy atom. The lowest BCUT2D eigenvalue weighted by atomic mass is 10.2. The van der Waals surface area contributed by atoms with E-state index in [1.54, 1.807) is 0 Å². The van der Waals surface area contributed by atoms with Gasteiger partial charge in [0.1, 0.15) is 0 Å². The zero-order valence-corrected chi connectivity index (χ0v) is 12.6. The number of hydrogen-bond donors (Lipinski definition) is 1. The van der Waals surface area contributed by atoms with Crippen LogP contribution in [0.5, 0.6) is 0 Å². The number of hydrogen-bond acceptors (Lipinski definition) is 2. The first-order valence-corrected chi connectivity index (χ1v) is 7.20. The average molecular weight is 293 g/mol. The van der Waals surface area contributed by atoms with Crippen LogP contribution < -0.4 is 10.2 Å². The van der Waals surface area contributed by atoms with E-state index in [0.29, 0.717) is 0 Å². The van der Waals surface area contributed by atoms with E-state index in [4.69, 9.17) is 11.6 Å². The van der Waals surface area contributed by atoms with E-state index in [1.165, 1.54) is 0 Å². The van der Waals surface area contributed by atoms with Gasteiger partial charge in [-0.2, -0.15) is 0 Å². The molecule has 1 aliphatic heterocycles. The van der Waals surface area contributed by atoms with Gasteiger partial charge >= 0.3 is 0 Å². The highest BCUT2D eigenvalue weighted by atomic mass is 35.5. The Morgan fingerprint density at radius 3 is 2.65 bits per heavy atom. The molecule has 0 atom stereocenters. The average Bonchev–Trinajstić information content (AvgIpc) is 2.49. The minimum Gasteiger partial charge on any atom is -0.367 e. The van der Waals surface area contributed by atoms with Gasteiger partial charge in [0, 0.05) is 39.8 Å². The summed E-state index contributed by atoms with van der Waals surface area (Å²) in [6.45, 7) is 8.20. The minimum absolute atomic E-state index is 0.734. The molecule has 1 heterocycles. The van der Waals surface area contributed by atoms with Crippen LogP contribution in [0.3, 0.4) is 0 Å². The molecule has 108 valence electrons. The van der Waals surface area contributed by atoms with Crippen molar-refractivity contribution in [3.63, 3.8) is 0 Å². The number of nitrogens with zero attached hydrogens (tertiary/aromatic N) is 3. The molecule has 1 aromatic carbocycles. The summed E-state index contributed by atoms with van der Waals surface area (Å²) >= 11 is 6.25. The van der Waals surface area contributed by atoms with Crippen molar-refractivity contribution in [2.45, 2.75) is 0 Å². The van der Waals surface area contributed by atoms with Crippen molar-refractivity contribution < 1.29 is 0 Å². The molecule has 1 N–H and O–H groups in total. The van der Waals surface area contributed by atoms with Gasteiger partial charge in [0.05, 0.1) is 10.7 Å². The Morgan fingerprint density at radius 1 is 1.35 bits per heavy atom. The smallest absolute Gasteiger partial charge is 0.194 e. The third kappa shape index (κ3) is 3.45. The van der Waals surface area contributed by atoms with Crippen molar-refractivity contribution in [3.05, 3.63) is 41.9 Å². The number of nitrogens with one attached hydrogen (secondary N) is 1. The highest BCUT2D eigenvalue weighted by Crippen LogP contribution is 2.25. The second-order valence-corrected chi connectivity index (χ2v) is 5.05. The van der Waals surface area contributed by atoms with Gasteiger partial charge in [0.25, 0.3) is 0 Å². The molecule has 0 spiro atoms. The largest absolute Gasteiger partial charge is 0.367 e. The number of guanidine groups is 1. The van der Waals surface area contributed by atoms with Crippen LogP contribution in [0.4, 0.5) is 5.69 Å². The van der Waals surface area contributed by atoms with Crippen LogP contribution in [0, 0.1) is 0 Å². The Hall–Kier alpha value is -1.68. The van der Waals surface area contributed by atoms with Gasteiger partial charge in [-0.1, -0.05) is 29.8 Å². The lowest BCUT2D eigenvalue weighted by Gasteiger charge is -2.37. The van der Waals surface area contributed by atoms with Crippen molar-refractivity contribution in [2.24, 2.45) is 4.99 Å². The van der Waals surface area contributed by atoms with Gasteiger partial charge in [-0.25, -0.2) is 0 Å². The fourth-order valence-electron chi connectivity index (χ4n) is 2.36. The molecule has 1 aromatic rings. The number of anilines is 1. The Labute approximate surface area is 125 Å². The van der Waals surface area contributed by atoms with Crippen molar-refractivity contribution in [1.29, 1.82) is 0 Å². The predicted molar refractivity (Wildman–Crippen MR) is 86.8 cm³/mol. The van der Waals surface area contributed by atoms with Crippen molar-refractivity contribution in [1.82, 2.24) is 10.2 Å². The zero-order chi connectivity index (χ0) is 14.4. The van der Waals surface area contributed by atoms with Gasteiger partial charge < -0.3 is 15.1 Å². The molecule has 0 radical (unpaired) electrons. The van der Waals surface area contributed by atoms with Crippen LogP contribution in [0.25, 0.3) is 0 Å². The van der Waals surface area contributed by atoms with Crippen LogP contribution in [-0.4, -0.2) is 50.6 Å².